The lowest BCUT2D eigenvalue weighted by Crippen LogP contribution is -2.54. The molecule has 1 heterocycles. The molecule has 0 radical (unpaired) electrons. The van der Waals surface area contributed by atoms with Gasteiger partial charge in [0.05, 0.1) is 23.6 Å². The number of amides is 4. The number of hydrogen-bond donors (Lipinski definition) is 4. The van der Waals surface area contributed by atoms with Gasteiger partial charge in [0, 0.05) is 24.3 Å². The number of carbonyl (C=O) groups is 4. The van der Waals surface area contributed by atoms with E-state index in [2.05, 4.69) is 20.9 Å². The van der Waals surface area contributed by atoms with E-state index in [1.807, 2.05) is 5.32 Å². The summed E-state index contributed by atoms with van der Waals surface area (Å²) in [6, 6.07) is 8.58. The van der Waals surface area contributed by atoms with Crippen LogP contribution >= 0.6 is 23.2 Å². The van der Waals surface area contributed by atoms with Crippen molar-refractivity contribution in [1.29, 1.82) is 0 Å². The lowest BCUT2D eigenvalue weighted by Gasteiger charge is -2.28. The molecule has 17 heteroatoms. The van der Waals surface area contributed by atoms with Crippen molar-refractivity contribution in [2.45, 2.75) is 69.8 Å². The molecule has 0 aliphatic heterocycles. The molecular formula is C35H38Cl2F5N5O5. The fourth-order valence-electron chi connectivity index (χ4n) is 4.91. The molecule has 0 spiro atoms. The Morgan fingerprint density at radius 1 is 0.846 bits per heavy atom. The Hall–Kier alpha value is -4.50. The van der Waals surface area contributed by atoms with Gasteiger partial charge in [-0.25, -0.2) is 0 Å². The fourth-order valence-corrected chi connectivity index (χ4v) is 5.21. The van der Waals surface area contributed by atoms with Crippen LogP contribution in [0.2, 0.25) is 10.0 Å². The van der Waals surface area contributed by atoms with Crippen LogP contribution in [0.3, 0.4) is 0 Å². The van der Waals surface area contributed by atoms with Gasteiger partial charge in [-0.3, -0.25) is 24.2 Å². The lowest BCUT2D eigenvalue weighted by atomic mass is 9.98. The zero-order valence-corrected chi connectivity index (χ0v) is 29.8. The summed E-state index contributed by atoms with van der Waals surface area (Å²) >= 11 is 11.7. The highest BCUT2D eigenvalue weighted by molar-refractivity contribution is 6.42. The quantitative estimate of drug-likeness (QED) is 0.0911. The highest BCUT2D eigenvalue weighted by Crippen LogP contribution is 2.33. The summed E-state index contributed by atoms with van der Waals surface area (Å²) in [6.07, 6.45) is -4.43. The number of halogens is 7. The maximum absolute atomic E-state index is 15.4. The van der Waals surface area contributed by atoms with Gasteiger partial charge in [-0.15, -0.1) is 0 Å². The van der Waals surface area contributed by atoms with Gasteiger partial charge in [-0.2, -0.15) is 22.0 Å². The van der Waals surface area contributed by atoms with Crippen LogP contribution in [-0.2, 0) is 20.3 Å². The number of aromatic nitrogens is 1. The molecule has 0 saturated carbocycles. The van der Waals surface area contributed by atoms with Crippen LogP contribution in [0, 0.1) is 5.92 Å². The molecular weight excluding hydrogens is 736 g/mol. The highest BCUT2D eigenvalue weighted by Gasteiger charge is 2.43. The number of unbranched alkanes of at least 4 members (excludes halogenated alkanes) is 1. The third kappa shape index (κ3) is 12.3. The first kappa shape index (κ1) is 41.9. The standard InChI is InChI=1S/C35H38Cl2F5N5O5/c1-20(2)28(19-34(38,39)40)45-32(50)29(21-10-13-23(52-3)14-11-21)47-31(49)27(9-5-7-17-44-30(48)26-8-4-6-16-43-26)46-33(51)35(41,42)22-12-15-24(36)25(37)18-22/h4,6,8,10-16,18,20,27-29H,5,7,9,17,19H2,1-3H3,(H,44,48)(H,45,50)(H,46,51)(H,47,49)/t27-,28+,29?/m0/s1. The lowest BCUT2D eigenvalue weighted by molar-refractivity contribution is -0.149. The SMILES string of the molecule is COc1ccc(C(NC(=O)[C@H](CCCCNC(=O)c2ccccn2)NC(=O)C(F)(F)c2ccc(Cl)c(Cl)c2)C(=O)N[C@H](CC(F)(F)F)C(C)C)cc1. The minimum atomic E-state index is -4.62. The molecule has 52 heavy (non-hydrogen) atoms. The van der Waals surface area contributed by atoms with Crippen LogP contribution in [0.15, 0.2) is 66.9 Å². The first-order valence-electron chi connectivity index (χ1n) is 16.1. The van der Waals surface area contributed by atoms with Crippen LogP contribution in [0.25, 0.3) is 0 Å². The van der Waals surface area contributed by atoms with Crippen molar-refractivity contribution in [2.75, 3.05) is 13.7 Å². The number of ether oxygens (including phenoxy) is 1. The number of rotatable bonds is 17. The van der Waals surface area contributed by atoms with E-state index in [1.165, 1.54) is 57.5 Å². The molecule has 0 bridgehead atoms. The van der Waals surface area contributed by atoms with Crippen molar-refractivity contribution in [1.82, 2.24) is 26.3 Å². The summed E-state index contributed by atoms with van der Waals surface area (Å²) in [5.41, 5.74) is -0.519. The molecule has 2 aromatic carbocycles. The fraction of sp³-hybridized carbons (Fsp3) is 0.400. The number of carbonyl (C=O) groups excluding carboxylic acids is 4. The molecule has 1 unspecified atom stereocenters. The molecule has 3 atom stereocenters. The Labute approximate surface area is 307 Å². The summed E-state index contributed by atoms with van der Waals surface area (Å²) < 4.78 is 76.0. The summed E-state index contributed by atoms with van der Waals surface area (Å²) in [5.74, 6) is -8.91. The van der Waals surface area contributed by atoms with Crippen LogP contribution < -0.4 is 26.0 Å². The summed E-state index contributed by atoms with van der Waals surface area (Å²) in [4.78, 5) is 56.7. The number of nitrogens with one attached hydrogen (secondary N) is 4. The molecule has 3 rings (SSSR count). The molecule has 0 aliphatic rings. The van der Waals surface area contributed by atoms with E-state index in [0.29, 0.717) is 5.75 Å². The summed E-state index contributed by atoms with van der Waals surface area (Å²) in [5, 5.41) is 9.18. The average Bonchev–Trinajstić information content (AvgIpc) is 3.10. The normalized spacial score (nSPS) is 13.4. The van der Waals surface area contributed by atoms with Crippen molar-refractivity contribution in [3.63, 3.8) is 0 Å². The third-order valence-electron chi connectivity index (χ3n) is 7.87. The third-order valence-corrected chi connectivity index (χ3v) is 8.61. The van der Waals surface area contributed by atoms with Crippen molar-refractivity contribution in [3.05, 3.63) is 93.7 Å². The van der Waals surface area contributed by atoms with Gasteiger partial charge in [0.1, 0.15) is 23.5 Å². The zero-order valence-electron chi connectivity index (χ0n) is 28.3. The number of hydrogen-bond acceptors (Lipinski definition) is 6. The number of alkyl halides is 5. The summed E-state index contributed by atoms with van der Waals surface area (Å²) in [7, 11) is 1.39. The van der Waals surface area contributed by atoms with Gasteiger partial charge < -0.3 is 26.0 Å². The Balaban J connectivity index is 1.87. The molecule has 0 aliphatic carbocycles. The van der Waals surface area contributed by atoms with Gasteiger partial charge in [0.2, 0.25) is 11.8 Å². The van der Waals surface area contributed by atoms with Gasteiger partial charge in [0.15, 0.2) is 0 Å². The van der Waals surface area contributed by atoms with Crippen LogP contribution in [0.4, 0.5) is 22.0 Å². The molecule has 0 saturated heterocycles. The zero-order chi connectivity index (χ0) is 38.6. The van der Waals surface area contributed by atoms with Gasteiger partial charge >= 0.3 is 12.1 Å². The highest BCUT2D eigenvalue weighted by atomic mass is 35.5. The first-order valence-corrected chi connectivity index (χ1v) is 16.8. The first-order chi connectivity index (χ1) is 24.4. The number of methoxy groups -OCH3 is 1. The van der Waals surface area contributed by atoms with Crippen molar-refractivity contribution >= 4 is 46.8 Å². The molecule has 282 valence electrons. The van der Waals surface area contributed by atoms with E-state index in [-0.39, 0.29) is 47.1 Å². The van der Waals surface area contributed by atoms with E-state index in [9.17, 15) is 32.3 Å². The van der Waals surface area contributed by atoms with Crippen molar-refractivity contribution in [2.24, 2.45) is 5.92 Å². The Kier molecular flexibility index (Phi) is 15.2. The van der Waals surface area contributed by atoms with Crippen LogP contribution in [-0.4, -0.2) is 60.5 Å². The molecule has 3 aromatic rings. The minimum absolute atomic E-state index is 0.0354. The van der Waals surface area contributed by atoms with E-state index in [1.54, 1.807) is 12.1 Å². The molecule has 1 aromatic heterocycles. The summed E-state index contributed by atoms with van der Waals surface area (Å²) in [6.45, 7) is 3.07. The van der Waals surface area contributed by atoms with E-state index < -0.39 is 71.8 Å². The van der Waals surface area contributed by atoms with Crippen molar-refractivity contribution in [3.8, 4) is 5.75 Å². The second kappa shape index (κ2) is 18.8. The van der Waals surface area contributed by atoms with Crippen LogP contribution in [0.1, 0.15) is 67.2 Å². The van der Waals surface area contributed by atoms with Crippen molar-refractivity contribution < 1.29 is 45.9 Å². The number of benzene rings is 2. The molecule has 0 fully saturated rings. The monoisotopic (exact) mass is 773 g/mol. The van der Waals surface area contributed by atoms with E-state index in [0.717, 1.165) is 18.2 Å². The maximum Gasteiger partial charge on any atom is 0.391 e. The predicted molar refractivity (Wildman–Crippen MR) is 184 cm³/mol. The second-order valence-electron chi connectivity index (χ2n) is 12.1. The van der Waals surface area contributed by atoms with E-state index in [4.69, 9.17) is 27.9 Å². The number of nitrogens with zero attached hydrogens (tertiary/aromatic N) is 1. The maximum atomic E-state index is 15.4. The molecule has 4 N–H and O–H groups in total. The van der Waals surface area contributed by atoms with E-state index >= 15 is 8.78 Å². The average molecular weight is 775 g/mol. The van der Waals surface area contributed by atoms with Gasteiger partial charge in [-0.1, -0.05) is 61.3 Å². The topological polar surface area (TPSA) is 139 Å². The predicted octanol–water partition coefficient (Wildman–Crippen LogP) is 6.52. The Morgan fingerprint density at radius 3 is 2.12 bits per heavy atom. The molecule has 4 amide bonds. The van der Waals surface area contributed by atoms with Crippen LogP contribution in [0.5, 0.6) is 5.75 Å². The Bertz CT molecular complexity index is 1680. The second-order valence-corrected chi connectivity index (χ2v) is 12.9. The smallest absolute Gasteiger partial charge is 0.391 e. The molecule has 10 nitrogen and oxygen atoms in total. The van der Waals surface area contributed by atoms with Gasteiger partial charge in [-0.05, 0) is 67.1 Å². The van der Waals surface area contributed by atoms with Gasteiger partial charge in [0.25, 0.3) is 11.8 Å². The largest absolute Gasteiger partial charge is 0.497 e. The number of pyridine rings is 1. The minimum Gasteiger partial charge on any atom is -0.497 e. The Morgan fingerprint density at radius 2 is 1.54 bits per heavy atom.